The van der Waals surface area contributed by atoms with Crippen LogP contribution in [0.15, 0.2) is 79.4 Å². The molecule has 2 amide bonds. The van der Waals surface area contributed by atoms with Crippen molar-refractivity contribution in [3.63, 3.8) is 0 Å². The van der Waals surface area contributed by atoms with Gasteiger partial charge in [0, 0.05) is 36.6 Å². The normalized spacial score (nSPS) is 13.4. The topological polar surface area (TPSA) is 139 Å². The molecule has 11 nitrogen and oxygen atoms in total. The molecule has 0 unspecified atom stereocenters. The van der Waals surface area contributed by atoms with Crippen LogP contribution in [0.2, 0.25) is 0 Å². The summed E-state index contributed by atoms with van der Waals surface area (Å²) in [5.41, 5.74) is 2.24. The van der Waals surface area contributed by atoms with E-state index in [1.54, 1.807) is 84.9 Å². The summed E-state index contributed by atoms with van der Waals surface area (Å²) >= 11 is 0. The number of nitrogens with zero attached hydrogens (tertiary/aromatic N) is 6. The standard InChI is InChI=1S/C28H22N8O3/c1-35-14-22(30-17-35)27(38)33-23-15-36-24(32-23)8-9-25(34-36)39-21-7-3-6-20(13-21)31-26(37)18-4-2-5-19(12-18)28(16-29)10-11-28/h2-9,12-15,17H,10-11H2,1H3,(H,31,37)(H,33,38). The fraction of sp³-hybridized carbons (Fsp3) is 0.143. The molecule has 0 spiro atoms. The lowest BCUT2D eigenvalue weighted by Crippen LogP contribution is -2.13. The molecule has 5 aromatic rings. The average Bonchev–Trinajstić information content (AvgIpc) is 3.46. The molecule has 2 N–H and O–H groups in total. The van der Waals surface area contributed by atoms with Crippen molar-refractivity contribution in [1.29, 1.82) is 5.26 Å². The first kappa shape index (κ1) is 23.9. The van der Waals surface area contributed by atoms with Gasteiger partial charge in [-0.25, -0.2) is 14.5 Å². The van der Waals surface area contributed by atoms with Crippen LogP contribution in [0, 0.1) is 11.3 Å². The highest BCUT2D eigenvalue weighted by Gasteiger charge is 2.45. The second-order valence-electron chi connectivity index (χ2n) is 9.34. The molecule has 0 radical (unpaired) electrons. The third kappa shape index (κ3) is 4.91. The first-order valence-electron chi connectivity index (χ1n) is 12.2. The SMILES string of the molecule is Cn1cnc(C(=O)Nc2cn3nc(Oc4cccc(NC(=O)c5cccc(C6(C#N)CC6)c5)c4)ccc3n2)c1. The summed E-state index contributed by atoms with van der Waals surface area (Å²) < 4.78 is 9.09. The van der Waals surface area contributed by atoms with Crippen molar-refractivity contribution in [2.45, 2.75) is 18.3 Å². The molecular formula is C28H22N8O3. The van der Waals surface area contributed by atoms with Gasteiger partial charge in [-0.3, -0.25) is 9.59 Å². The second-order valence-corrected chi connectivity index (χ2v) is 9.34. The maximum Gasteiger partial charge on any atom is 0.277 e. The van der Waals surface area contributed by atoms with Crippen LogP contribution in [0.3, 0.4) is 0 Å². The zero-order valence-corrected chi connectivity index (χ0v) is 20.8. The molecule has 3 aromatic heterocycles. The van der Waals surface area contributed by atoms with E-state index in [0.717, 1.165) is 18.4 Å². The summed E-state index contributed by atoms with van der Waals surface area (Å²) in [6, 6.07) is 19.9. The highest BCUT2D eigenvalue weighted by Crippen LogP contribution is 2.47. The van der Waals surface area contributed by atoms with Crippen LogP contribution in [-0.4, -0.2) is 36.0 Å². The summed E-state index contributed by atoms with van der Waals surface area (Å²) in [4.78, 5) is 33.6. The number of hydrogen-bond donors (Lipinski definition) is 2. The van der Waals surface area contributed by atoms with E-state index in [-0.39, 0.29) is 17.5 Å². The summed E-state index contributed by atoms with van der Waals surface area (Å²) in [5, 5.41) is 19.5. The smallest absolute Gasteiger partial charge is 0.277 e. The Morgan fingerprint density at radius 1 is 1.03 bits per heavy atom. The molecule has 192 valence electrons. The number of nitriles is 1. The quantitative estimate of drug-likeness (QED) is 0.327. The lowest BCUT2D eigenvalue weighted by molar-refractivity contribution is 0.101. The number of benzene rings is 2. The minimum absolute atomic E-state index is 0.277. The van der Waals surface area contributed by atoms with E-state index in [2.05, 4.69) is 31.8 Å². The summed E-state index contributed by atoms with van der Waals surface area (Å²) in [7, 11) is 1.78. The number of fused-ring (bicyclic) bond motifs is 1. The first-order chi connectivity index (χ1) is 18.9. The predicted molar refractivity (Wildman–Crippen MR) is 142 cm³/mol. The van der Waals surface area contributed by atoms with Crippen molar-refractivity contribution in [3.05, 3.63) is 96.2 Å². The number of hydrogen-bond acceptors (Lipinski definition) is 7. The molecule has 11 heteroatoms. The van der Waals surface area contributed by atoms with Gasteiger partial charge in [0.15, 0.2) is 11.5 Å². The van der Waals surface area contributed by atoms with Crippen LogP contribution in [0.5, 0.6) is 11.6 Å². The van der Waals surface area contributed by atoms with E-state index in [4.69, 9.17) is 4.74 Å². The van der Waals surface area contributed by atoms with Gasteiger partial charge in [0.05, 0.1) is 24.0 Å². The molecule has 0 atom stereocenters. The monoisotopic (exact) mass is 518 g/mol. The predicted octanol–water partition coefficient (Wildman–Crippen LogP) is 4.31. The van der Waals surface area contributed by atoms with Gasteiger partial charge in [-0.05, 0) is 48.7 Å². The molecule has 0 saturated heterocycles. The third-order valence-corrected chi connectivity index (χ3v) is 6.43. The number of imidazole rings is 2. The molecule has 39 heavy (non-hydrogen) atoms. The highest BCUT2D eigenvalue weighted by molar-refractivity contribution is 6.04. The highest BCUT2D eigenvalue weighted by atomic mass is 16.5. The van der Waals surface area contributed by atoms with Crippen molar-refractivity contribution in [2.24, 2.45) is 7.05 Å². The third-order valence-electron chi connectivity index (χ3n) is 6.43. The number of carbonyl (C=O) groups is 2. The summed E-state index contributed by atoms with van der Waals surface area (Å²) in [6.07, 6.45) is 6.36. The van der Waals surface area contributed by atoms with Gasteiger partial charge < -0.3 is 19.9 Å². The number of amides is 2. The number of aromatic nitrogens is 5. The number of rotatable bonds is 7. The fourth-order valence-corrected chi connectivity index (χ4v) is 4.20. The maximum absolute atomic E-state index is 12.9. The lowest BCUT2D eigenvalue weighted by atomic mass is 9.96. The van der Waals surface area contributed by atoms with E-state index >= 15 is 0 Å². The van der Waals surface area contributed by atoms with E-state index in [1.165, 1.54) is 4.52 Å². The van der Waals surface area contributed by atoms with Crippen molar-refractivity contribution in [3.8, 4) is 17.7 Å². The molecule has 1 aliphatic carbocycles. The zero-order valence-electron chi connectivity index (χ0n) is 20.8. The largest absolute Gasteiger partial charge is 0.438 e. The van der Waals surface area contributed by atoms with Gasteiger partial charge in [-0.2, -0.15) is 5.26 Å². The van der Waals surface area contributed by atoms with Crippen LogP contribution in [0.1, 0.15) is 39.3 Å². The first-order valence-corrected chi connectivity index (χ1v) is 12.2. The number of ether oxygens (including phenoxy) is 1. The Labute approximate surface area is 222 Å². The number of carbonyl (C=O) groups excluding carboxylic acids is 2. The molecule has 1 fully saturated rings. The van der Waals surface area contributed by atoms with Crippen LogP contribution >= 0.6 is 0 Å². The minimum atomic E-state index is -0.459. The maximum atomic E-state index is 12.9. The Morgan fingerprint density at radius 2 is 1.87 bits per heavy atom. The number of aryl methyl sites for hydroxylation is 1. The molecule has 2 aromatic carbocycles. The van der Waals surface area contributed by atoms with Gasteiger partial charge in [0.25, 0.3) is 11.8 Å². The number of nitrogens with one attached hydrogen (secondary N) is 2. The van der Waals surface area contributed by atoms with Gasteiger partial charge in [0.1, 0.15) is 11.4 Å². The average molecular weight is 519 g/mol. The van der Waals surface area contributed by atoms with Crippen molar-refractivity contribution >= 4 is 29.0 Å². The summed E-state index contributed by atoms with van der Waals surface area (Å²) in [6.45, 7) is 0. The molecule has 1 saturated carbocycles. The Hall–Kier alpha value is -5.50. The molecule has 6 rings (SSSR count). The number of anilines is 2. The van der Waals surface area contributed by atoms with Crippen molar-refractivity contribution in [1.82, 2.24) is 24.1 Å². The Bertz CT molecular complexity index is 1780. The molecule has 3 heterocycles. The Kier molecular flexibility index (Phi) is 5.77. The molecule has 0 aliphatic heterocycles. The minimum Gasteiger partial charge on any atom is -0.438 e. The van der Waals surface area contributed by atoms with Gasteiger partial charge in [-0.1, -0.05) is 18.2 Å². The van der Waals surface area contributed by atoms with Crippen molar-refractivity contribution in [2.75, 3.05) is 10.6 Å². The molecular weight excluding hydrogens is 496 g/mol. The van der Waals surface area contributed by atoms with Gasteiger partial charge in [-0.15, -0.1) is 5.10 Å². The van der Waals surface area contributed by atoms with Crippen molar-refractivity contribution < 1.29 is 14.3 Å². The van der Waals surface area contributed by atoms with E-state index < -0.39 is 5.41 Å². The van der Waals surface area contributed by atoms with E-state index in [0.29, 0.717) is 34.3 Å². The van der Waals surface area contributed by atoms with E-state index in [9.17, 15) is 14.9 Å². The van der Waals surface area contributed by atoms with Gasteiger partial charge in [0.2, 0.25) is 5.88 Å². The Morgan fingerprint density at radius 3 is 2.64 bits per heavy atom. The van der Waals surface area contributed by atoms with Crippen LogP contribution in [-0.2, 0) is 12.5 Å². The Balaban J connectivity index is 1.14. The fourth-order valence-electron chi connectivity index (χ4n) is 4.20. The second kappa shape index (κ2) is 9.42. The van der Waals surface area contributed by atoms with Crippen LogP contribution < -0.4 is 15.4 Å². The van der Waals surface area contributed by atoms with E-state index in [1.807, 2.05) is 6.07 Å². The van der Waals surface area contributed by atoms with Gasteiger partial charge >= 0.3 is 0 Å². The van der Waals surface area contributed by atoms with Crippen LogP contribution in [0.4, 0.5) is 11.5 Å². The zero-order chi connectivity index (χ0) is 27.0. The molecule has 0 bridgehead atoms. The molecule has 1 aliphatic rings. The summed E-state index contributed by atoms with van der Waals surface area (Å²) in [5.74, 6) is 0.439. The van der Waals surface area contributed by atoms with Crippen LogP contribution in [0.25, 0.3) is 5.65 Å². The lowest BCUT2D eigenvalue weighted by Gasteiger charge is -2.11.